The van der Waals surface area contributed by atoms with Crippen molar-refractivity contribution in [2.24, 2.45) is 5.92 Å². The van der Waals surface area contributed by atoms with Crippen LogP contribution in [0.25, 0.3) is 0 Å². The van der Waals surface area contributed by atoms with Gasteiger partial charge in [-0.1, -0.05) is 0 Å². The first-order valence-corrected chi connectivity index (χ1v) is 5.58. The molecule has 0 saturated carbocycles. The molecule has 8 heteroatoms. The van der Waals surface area contributed by atoms with Crippen LogP contribution in [0.4, 0.5) is 22.0 Å². The summed E-state index contributed by atoms with van der Waals surface area (Å²) in [7, 11) is 1.73. The molecule has 18 heavy (non-hydrogen) atoms. The lowest BCUT2D eigenvalue weighted by Crippen LogP contribution is -2.54. The van der Waals surface area contributed by atoms with Crippen LogP contribution in [0.5, 0.6) is 0 Å². The van der Waals surface area contributed by atoms with Gasteiger partial charge in [0.15, 0.2) is 0 Å². The third-order valence-electron chi connectivity index (χ3n) is 3.02. The number of nitrogens with one attached hydrogen (secondary N) is 1. The first-order valence-electron chi connectivity index (χ1n) is 5.58. The molecule has 0 aromatic heterocycles. The number of likely N-dealkylation sites (tertiary alicyclic amines) is 1. The molecule has 1 heterocycles. The highest BCUT2D eigenvalue weighted by Gasteiger charge is 2.64. The number of carbonyl (C=O) groups excluding carboxylic acids is 1. The molecule has 1 aliphatic heterocycles. The monoisotopic (exact) mass is 274 g/mol. The molecule has 0 spiro atoms. The average molecular weight is 274 g/mol. The van der Waals surface area contributed by atoms with E-state index >= 15 is 0 Å². The summed E-state index contributed by atoms with van der Waals surface area (Å²) in [4.78, 5) is 11.8. The number of amides is 1. The molecule has 3 nitrogen and oxygen atoms in total. The van der Waals surface area contributed by atoms with Crippen molar-refractivity contribution in [2.75, 3.05) is 26.7 Å². The van der Waals surface area contributed by atoms with Crippen LogP contribution in [0.2, 0.25) is 0 Å². The molecule has 1 rings (SSSR count). The van der Waals surface area contributed by atoms with Gasteiger partial charge in [0.1, 0.15) is 0 Å². The van der Waals surface area contributed by atoms with Gasteiger partial charge in [-0.2, -0.15) is 22.0 Å². The van der Waals surface area contributed by atoms with Crippen LogP contribution >= 0.6 is 0 Å². The van der Waals surface area contributed by atoms with Crippen molar-refractivity contribution in [3.63, 3.8) is 0 Å². The van der Waals surface area contributed by atoms with Crippen LogP contribution in [0.15, 0.2) is 0 Å². The topological polar surface area (TPSA) is 32.3 Å². The third-order valence-corrected chi connectivity index (χ3v) is 3.02. The van der Waals surface area contributed by atoms with E-state index in [0.717, 1.165) is 0 Å². The molecule has 0 atom stereocenters. The van der Waals surface area contributed by atoms with Crippen molar-refractivity contribution in [1.82, 2.24) is 10.2 Å². The third kappa shape index (κ3) is 3.09. The van der Waals surface area contributed by atoms with Crippen LogP contribution < -0.4 is 5.32 Å². The van der Waals surface area contributed by atoms with Gasteiger partial charge in [0.25, 0.3) is 0 Å². The molecule has 1 amide bonds. The minimum atomic E-state index is -5.83. The zero-order chi connectivity index (χ0) is 14.0. The number of carbonyl (C=O) groups is 1. The lowest BCUT2D eigenvalue weighted by molar-refractivity contribution is -0.274. The Labute approximate surface area is 101 Å². The van der Waals surface area contributed by atoms with E-state index in [2.05, 4.69) is 5.32 Å². The summed E-state index contributed by atoms with van der Waals surface area (Å²) in [5, 5.41) is 2.90. The Morgan fingerprint density at radius 3 is 2.11 bits per heavy atom. The Kier molecular flexibility index (Phi) is 4.52. The van der Waals surface area contributed by atoms with Crippen LogP contribution in [0, 0.1) is 5.92 Å². The minimum Gasteiger partial charge on any atom is -0.337 e. The van der Waals surface area contributed by atoms with Gasteiger partial charge in [-0.25, -0.2) is 0 Å². The van der Waals surface area contributed by atoms with Crippen molar-refractivity contribution in [1.29, 1.82) is 0 Å². The van der Waals surface area contributed by atoms with E-state index in [-0.39, 0.29) is 19.0 Å². The Balaban J connectivity index is 2.60. The number of piperidine rings is 1. The minimum absolute atomic E-state index is 0.0587. The molecule has 0 aromatic carbocycles. The lowest BCUT2D eigenvalue weighted by atomic mass is 9.96. The first kappa shape index (κ1) is 15.1. The smallest absolute Gasteiger partial charge is 0.337 e. The second kappa shape index (κ2) is 5.38. The highest BCUT2D eigenvalue weighted by atomic mass is 19.4. The largest absolute Gasteiger partial charge is 0.463 e. The molecule has 1 saturated heterocycles. The van der Waals surface area contributed by atoms with Crippen LogP contribution in [0.3, 0.4) is 0 Å². The fraction of sp³-hybridized carbons (Fsp3) is 0.900. The SMILES string of the molecule is CNCC1CCN(C(=O)C(F)(F)C(F)(F)F)CC1. The summed E-state index contributed by atoms with van der Waals surface area (Å²) in [6, 6.07) is 0. The molecule has 0 bridgehead atoms. The van der Waals surface area contributed by atoms with E-state index < -0.39 is 18.0 Å². The standard InChI is InChI=1S/C10H15F5N2O/c1-16-6-7-2-4-17(5-3-7)8(18)9(11,12)10(13,14)15/h7,16H,2-6H2,1H3. The molecule has 0 aromatic rings. The quantitative estimate of drug-likeness (QED) is 0.794. The van der Waals surface area contributed by atoms with Gasteiger partial charge in [-0.3, -0.25) is 4.79 Å². The summed E-state index contributed by atoms with van der Waals surface area (Å²) in [6.45, 7) is 0.547. The second-order valence-electron chi connectivity index (χ2n) is 4.37. The van der Waals surface area contributed by atoms with E-state index in [4.69, 9.17) is 0 Å². The summed E-state index contributed by atoms with van der Waals surface area (Å²) < 4.78 is 61.7. The van der Waals surface area contributed by atoms with Crippen molar-refractivity contribution >= 4 is 5.91 Å². The summed E-state index contributed by atoms with van der Waals surface area (Å²) in [5.74, 6) is -7.22. The predicted octanol–water partition coefficient (Wildman–Crippen LogP) is 1.64. The number of halogens is 5. The molecule has 0 aliphatic carbocycles. The number of hydrogen-bond donors (Lipinski definition) is 1. The Hall–Kier alpha value is -0.920. The number of rotatable bonds is 3. The molecule has 1 N–H and O–H groups in total. The number of alkyl halides is 5. The molecule has 0 unspecified atom stereocenters. The normalized spacial score (nSPS) is 19.1. The van der Waals surface area contributed by atoms with Crippen LogP contribution in [0.1, 0.15) is 12.8 Å². The van der Waals surface area contributed by atoms with Crippen molar-refractivity contribution in [3.8, 4) is 0 Å². The van der Waals surface area contributed by atoms with Gasteiger partial charge >= 0.3 is 18.0 Å². The lowest BCUT2D eigenvalue weighted by Gasteiger charge is -2.34. The Morgan fingerprint density at radius 1 is 1.22 bits per heavy atom. The maximum absolute atomic E-state index is 12.8. The molecular formula is C10H15F5N2O. The van der Waals surface area contributed by atoms with E-state index in [1.54, 1.807) is 7.05 Å². The van der Waals surface area contributed by atoms with Crippen molar-refractivity contribution in [3.05, 3.63) is 0 Å². The fourth-order valence-electron chi connectivity index (χ4n) is 1.95. The molecule has 106 valence electrons. The molecule has 0 radical (unpaired) electrons. The van der Waals surface area contributed by atoms with Gasteiger partial charge in [0.2, 0.25) is 0 Å². The molecule has 1 fully saturated rings. The first-order chi connectivity index (χ1) is 8.20. The van der Waals surface area contributed by atoms with Crippen molar-refractivity contribution in [2.45, 2.75) is 24.9 Å². The number of hydrogen-bond acceptors (Lipinski definition) is 2. The predicted molar refractivity (Wildman–Crippen MR) is 54.2 cm³/mol. The average Bonchev–Trinajstić information content (AvgIpc) is 2.28. The Morgan fingerprint density at radius 2 is 1.72 bits per heavy atom. The zero-order valence-electron chi connectivity index (χ0n) is 9.86. The molecule has 1 aliphatic rings. The Bertz CT molecular complexity index is 297. The van der Waals surface area contributed by atoms with E-state index in [1.165, 1.54) is 0 Å². The summed E-state index contributed by atoms with van der Waals surface area (Å²) >= 11 is 0. The van der Waals surface area contributed by atoms with Gasteiger partial charge in [0.05, 0.1) is 0 Å². The maximum Gasteiger partial charge on any atom is 0.463 e. The van der Waals surface area contributed by atoms with Gasteiger partial charge in [0, 0.05) is 13.1 Å². The summed E-state index contributed by atoms with van der Waals surface area (Å²) in [6.07, 6.45) is -4.97. The second-order valence-corrected chi connectivity index (χ2v) is 4.37. The van der Waals surface area contributed by atoms with E-state index in [1.807, 2.05) is 0 Å². The maximum atomic E-state index is 12.8. The highest BCUT2D eigenvalue weighted by Crippen LogP contribution is 2.37. The van der Waals surface area contributed by atoms with Gasteiger partial charge in [-0.05, 0) is 32.4 Å². The van der Waals surface area contributed by atoms with Gasteiger partial charge < -0.3 is 10.2 Å². The highest BCUT2D eigenvalue weighted by molar-refractivity contribution is 5.84. The van der Waals surface area contributed by atoms with Crippen LogP contribution in [-0.2, 0) is 4.79 Å². The fourth-order valence-corrected chi connectivity index (χ4v) is 1.95. The van der Waals surface area contributed by atoms with E-state index in [9.17, 15) is 26.7 Å². The van der Waals surface area contributed by atoms with E-state index in [0.29, 0.717) is 24.3 Å². The summed E-state index contributed by atoms with van der Waals surface area (Å²) in [5.41, 5.74) is 0. The van der Waals surface area contributed by atoms with Crippen LogP contribution in [-0.4, -0.2) is 49.6 Å². The number of nitrogens with zero attached hydrogens (tertiary/aromatic N) is 1. The van der Waals surface area contributed by atoms with Crippen molar-refractivity contribution < 1.29 is 26.7 Å². The molecular weight excluding hydrogens is 259 g/mol. The van der Waals surface area contributed by atoms with Gasteiger partial charge in [-0.15, -0.1) is 0 Å². The zero-order valence-corrected chi connectivity index (χ0v) is 9.86.